The molecule has 2 fully saturated rings. The molecule has 53 heavy (non-hydrogen) atoms. The van der Waals surface area contributed by atoms with E-state index < -0.39 is 16.7 Å². The third kappa shape index (κ3) is 7.57. The van der Waals surface area contributed by atoms with Crippen LogP contribution in [0.15, 0.2) is 66.9 Å². The van der Waals surface area contributed by atoms with Crippen LogP contribution >= 0.6 is 11.6 Å². The molecule has 2 saturated heterocycles. The lowest BCUT2D eigenvalue weighted by atomic mass is 9.92. The fraction of sp³-hybridized carbons (Fsp3) is 0.429. The van der Waals surface area contributed by atoms with Gasteiger partial charge in [0.2, 0.25) is 0 Å². The molecule has 3 N–H and O–H groups in total. The fourth-order valence-electron chi connectivity index (χ4n) is 7.46. The molecule has 0 unspecified atom stereocenters. The first-order valence-corrected chi connectivity index (χ1v) is 18.8. The predicted molar refractivity (Wildman–Crippen MR) is 208 cm³/mol. The van der Waals surface area contributed by atoms with Crippen LogP contribution in [0.2, 0.25) is 5.15 Å². The van der Waals surface area contributed by atoms with Crippen molar-refractivity contribution in [3.8, 4) is 33.6 Å². The Balaban J connectivity index is 1.09. The molecule has 2 aromatic heterocycles. The van der Waals surface area contributed by atoms with Crippen molar-refractivity contribution < 1.29 is 19.1 Å². The predicted octanol–water partition coefficient (Wildman–Crippen LogP) is 9.42. The number of hydrogen-bond acceptors (Lipinski definition) is 7. The maximum Gasteiger partial charge on any atom is 0.410 e. The Kier molecular flexibility index (Phi) is 9.43. The van der Waals surface area contributed by atoms with E-state index in [1.165, 1.54) is 0 Å². The van der Waals surface area contributed by atoms with Crippen LogP contribution in [0.25, 0.3) is 44.4 Å². The number of imidazole rings is 2. The molecule has 0 saturated carbocycles. The number of ether oxygens (including phenoxy) is 2. The summed E-state index contributed by atoms with van der Waals surface area (Å²) in [6.07, 6.45) is 2.83. The molecule has 2 aliphatic rings. The van der Waals surface area contributed by atoms with Gasteiger partial charge in [0.15, 0.2) is 5.54 Å². The van der Waals surface area contributed by atoms with Crippen LogP contribution in [0.1, 0.15) is 85.9 Å². The Labute approximate surface area is 316 Å². The molecule has 278 valence electrons. The van der Waals surface area contributed by atoms with Crippen LogP contribution in [0, 0.1) is 11.8 Å². The average molecular weight is 737 g/mol. The number of amides is 1. The molecule has 4 heterocycles. The number of fused-ring (bicyclic) bond motifs is 1. The Morgan fingerprint density at radius 1 is 0.830 bits per heavy atom. The van der Waals surface area contributed by atoms with Crippen LogP contribution in [0.4, 0.5) is 4.79 Å². The summed E-state index contributed by atoms with van der Waals surface area (Å²) >= 11 is 6.74. The van der Waals surface area contributed by atoms with E-state index in [4.69, 9.17) is 26.1 Å². The maximum absolute atomic E-state index is 13.4. The van der Waals surface area contributed by atoms with E-state index in [-0.39, 0.29) is 18.1 Å². The number of carbonyl (C=O) groups is 2. The summed E-state index contributed by atoms with van der Waals surface area (Å²) in [5, 5.41) is 6.01. The minimum atomic E-state index is -1.00. The van der Waals surface area contributed by atoms with Gasteiger partial charge in [-0.2, -0.15) is 0 Å². The van der Waals surface area contributed by atoms with Gasteiger partial charge in [-0.3, -0.25) is 10.2 Å². The molecule has 7 rings (SSSR count). The van der Waals surface area contributed by atoms with Gasteiger partial charge in [-0.05, 0) is 112 Å². The zero-order chi connectivity index (χ0) is 37.9. The topological polar surface area (TPSA) is 125 Å². The third-order valence-corrected chi connectivity index (χ3v) is 10.2. The summed E-state index contributed by atoms with van der Waals surface area (Å²) < 4.78 is 11.5. The standard InChI is InChI=1S/C42H49ClN6O4/c1-24-17-33(49(23-24)39(51)53-41(6,7)8)36-47-34(35(43)48-36)31-16-15-29-18-28(13-14-30(29)19-31)26-9-11-27(12-10-26)32-22-44-37(46-32)42(20-25(2)21-45-42)38(50)52-40(3,4)5/h9-16,18-19,22,24-25,33,45H,17,20-21,23H2,1-8H3,(H,44,46)(H,47,48)/t24-,25-,33-,42-/m0/s1. The average Bonchev–Trinajstić information content (AvgIpc) is 3.89. The number of aromatic amines is 2. The van der Waals surface area contributed by atoms with Crippen molar-refractivity contribution in [2.24, 2.45) is 11.8 Å². The van der Waals surface area contributed by atoms with Crippen LogP contribution in [0.3, 0.4) is 0 Å². The summed E-state index contributed by atoms with van der Waals surface area (Å²) in [6.45, 7) is 16.8. The summed E-state index contributed by atoms with van der Waals surface area (Å²) in [6, 6.07) is 20.7. The highest BCUT2D eigenvalue weighted by atomic mass is 35.5. The Morgan fingerprint density at radius 2 is 1.45 bits per heavy atom. The zero-order valence-corrected chi connectivity index (χ0v) is 32.5. The lowest BCUT2D eigenvalue weighted by molar-refractivity contribution is -0.163. The number of hydrogen-bond donors (Lipinski definition) is 3. The van der Waals surface area contributed by atoms with E-state index in [2.05, 4.69) is 88.7 Å². The largest absolute Gasteiger partial charge is 0.458 e. The molecule has 0 bridgehead atoms. The number of aromatic nitrogens is 4. The lowest BCUT2D eigenvalue weighted by Gasteiger charge is -2.30. The van der Waals surface area contributed by atoms with Crippen molar-refractivity contribution in [3.63, 3.8) is 0 Å². The summed E-state index contributed by atoms with van der Waals surface area (Å²) in [5.41, 5.74) is 3.34. The van der Waals surface area contributed by atoms with Gasteiger partial charge in [0.05, 0.1) is 17.9 Å². The van der Waals surface area contributed by atoms with Crippen LogP contribution in [-0.4, -0.2) is 61.2 Å². The first kappa shape index (κ1) is 36.7. The second-order valence-corrected chi connectivity index (χ2v) is 17.2. The van der Waals surface area contributed by atoms with Crippen molar-refractivity contribution in [3.05, 3.63) is 83.7 Å². The summed E-state index contributed by atoms with van der Waals surface area (Å²) in [5.74, 6) is 1.55. The molecule has 0 spiro atoms. The Bertz CT molecular complexity index is 2160. The van der Waals surface area contributed by atoms with Crippen molar-refractivity contribution in [1.82, 2.24) is 30.2 Å². The SMILES string of the molecule is C[C@@H]1CN[C@](C(=O)OC(C)(C)C)(c2ncc(-c3ccc(-c4ccc5cc(-c6nc([C@@H]7C[C@H](C)CN7C(=O)OC(C)(C)C)[nH]c6Cl)ccc5c4)cc3)[nH]2)C1. The maximum atomic E-state index is 13.4. The number of esters is 1. The zero-order valence-electron chi connectivity index (χ0n) is 31.8. The second-order valence-electron chi connectivity index (χ2n) is 16.9. The number of benzene rings is 3. The molecule has 3 aromatic carbocycles. The highest BCUT2D eigenvalue weighted by Gasteiger charge is 2.50. The first-order valence-electron chi connectivity index (χ1n) is 18.4. The van der Waals surface area contributed by atoms with Crippen molar-refractivity contribution in [1.29, 1.82) is 0 Å². The van der Waals surface area contributed by atoms with Gasteiger partial charge in [-0.1, -0.05) is 74.0 Å². The van der Waals surface area contributed by atoms with E-state index in [0.29, 0.717) is 53.8 Å². The molecule has 10 nitrogen and oxygen atoms in total. The number of rotatable bonds is 6. The molecule has 4 atom stereocenters. The fourth-order valence-corrected chi connectivity index (χ4v) is 7.71. The van der Waals surface area contributed by atoms with Gasteiger partial charge >= 0.3 is 12.1 Å². The van der Waals surface area contributed by atoms with E-state index >= 15 is 0 Å². The molecule has 11 heteroatoms. The van der Waals surface area contributed by atoms with E-state index in [0.717, 1.165) is 45.1 Å². The minimum absolute atomic E-state index is 0.238. The molecule has 0 radical (unpaired) electrons. The molecular weight excluding hydrogens is 688 g/mol. The van der Waals surface area contributed by atoms with Crippen molar-refractivity contribution >= 4 is 34.4 Å². The highest BCUT2D eigenvalue weighted by Crippen LogP contribution is 2.39. The number of likely N-dealkylation sites (tertiary alicyclic amines) is 1. The number of H-pyrrole nitrogens is 2. The minimum Gasteiger partial charge on any atom is -0.458 e. The summed E-state index contributed by atoms with van der Waals surface area (Å²) in [4.78, 5) is 44.5. The van der Waals surface area contributed by atoms with Crippen molar-refractivity contribution in [2.75, 3.05) is 13.1 Å². The number of nitrogens with one attached hydrogen (secondary N) is 3. The van der Waals surface area contributed by atoms with Gasteiger partial charge in [0.25, 0.3) is 0 Å². The number of nitrogens with zero attached hydrogens (tertiary/aromatic N) is 3. The lowest BCUT2D eigenvalue weighted by Crippen LogP contribution is -2.48. The van der Waals surface area contributed by atoms with E-state index in [1.54, 1.807) is 11.1 Å². The highest BCUT2D eigenvalue weighted by molar-refractivity contribution is 6.32. The van der Waals surface area contributed by atoms with Crippen LogP contribution in [0.5, 0.6) is 0 Å². The number of halogens is 1. The van der Waals surface area contributed by atoms with Crippen LogP contribution in [-0.2, 0) is 19.8 Å². The molecule has 2 aliphatic heterocycles. The Hall–Kier alpha value is -4.67. The number of carbonyl (C=O) groups excluding carboxylic acids is 2. The van der Waals surface area contributed by atoms with Gasteiger partial charge in [0, 0.05) is 12.1 Å². The first-order chi connectivity index (χ1) is 25.0. The molecule has 5 aromatic rings. The smallest absolute Gasteiger partial charge is 0.410 e. The van der Waals surface area contributed by atoms with Gasteiger partial charge in [0.1, 0.15) is 33.7 Å². The quantitative estimate of drug-likeness (QED) is 0.148. The molecule has 1 amide bonds. The monoisotopic (exact) mass is 736 g/mol. The van der Waals surface area contributed by atoms with Crippen LogP contribution < -0.4 is 5.32 Å². The van der Waals surface area contributed by atoms with E-state index in [1.807, 2.05) is 47.6 Å². The third-order valence-electron chi connectivity index (χ3n) is 9.91. The van der Waals surface area contributed by atoms with Gasteiger partial charge < -0.3 is 19.4 Å². The van der Waals surface area contributed by atoms with Gasteiger partial charge in [-0.25, -0.2) is 19.6 Å². The van der Waals surface area contributed by atoms with E-state index in [9.17, 15) is 9.59 Å². The molecular formula is C42H49ClN6O4. The Morgan fingerprint density at radius 3 is 2.09 bits per heavy atom. The normalized spacial score (nSPS) is 22.1. The molecule has 0 aliphatic carbocycles. The van der Waals surface area contributed by atoms with Gasteiger partial charge in [-0.15, -0.1) is 0 Å². The summed E-state index contributed by atoms with van der Waals surface area (Å²) in [7, 11) is 0. The van der Waals surface area contributed by atoms with Crippen molar-refractivity contribution in [2.45, 2.75) is 91.0 Å². The second kappa shape index (κ2) is 13.6.